The van der Waals surface area contributed by atoms with Crippen LogP contribution in [-0.2, 0) is 0 Å². The Hall–Kier alpha value is -1.24. The molecule has 0 unspecified atom stereocenters. The SMILES string of the molecule is CCN(c1ccc(F)cc1)c1ncncc1I. The predicted octanol–water partition coefficient (Wildman–Crippen LogP) is 3.38. The molecule has 3 nitrogen and oxygen atoms in total. The maximum Gasteiger partial charge on any atom is 0.149 e. The summed E-state index contributed by atoms with van der Waals surface area (Å²) in [7, 11) is 0. The molecule has 0 saturated heterocycles. The molecular weight excluding hydrogens is 332 g/mol. The van der Waals surface area contributed by atoms with E-state index in [-0.39, 0.29) is 5.82 Å². The number of hydrogen-bond acceptors (Lipinski definition) is 3. The van der Waals surface area contributed by atoms with Crippen molar-refractivity contribution in [2.75, 3.05) is 11.4 Å². The van der Waals surface area contributed by atoms with Gasteiger partial charge in [-0.1, -0.05) is 0 Å². The Kier molecular flexibility index (Phi) is 3.88. The van der Waals surface area contributed by atoms with Gasteiger partial charge in [0.15, 0.2) is 0 Å². The molecule has 1 aromatic carbocycles. The minimum atomic E-state index is -0.234. The highest BCUT2D eigenvalue weighted by Gasteiger charge is 2.11. The summed E-state index contributed by atoms with van der Waals surface area (Å²) >= 11 is 2.19. The largest absolute Gasteiger partial charge is 0.326 e. The third-order valence-corrected chi connectivity index (χ3v) is 3.12. The number of benzene rings is 1. The Morgan fingerprint density at radius 1 is 1.29 bits per heavy atom. The zero-order chi connectivity index (χ0) is 12.3. The summed E-state index contributed by atoms with van der Waals surface area (Å²) in [5.74, 6) is 0.608. The second-order valence-corrected chi connectivity index (χ2v) is 4.58. The minimum Gasteiger partial charge on any atom is -0.326 e. The lowest BCUT2D eigenvalue weighted by molar-refractivity contribution is 0.627. The van der Waals surface area contributed by atoms with E-state index in [9.17, 15) is 4.39 Å². The monoisotopic (exact) mass is 343 g/mol. The van der Waals surface area contributed by atoms with Crippen LogP contribution in [0.1, 0.15) is 6.92 Å². The van der Waals surface area contributed by atoms with E-state index >= 15 is 0 Å². The average Bonchev–Trinajstić information content (AvgIpc) is 2.35. The van der Waals surface area contributed by atoms with Crippen LogP contribution in [0.5, 0.6) is 0 Å². The first-order valence-electron chi connectivity index (χ1n) is 5.21. The quantitative estimate of drug-likeness (QED) is 0.800. The van der Waals surface area contributed by atoms with Crippen molar-refractivity contribution in [3.8, 4) is 0 Å². The lowest BCUT2D eigenvalue weighted by atomic mass is 10.2. The average molecular weight is 343 g/mol. The van der Waals surface area contributed by atoms with Crippen molar-refractivity contribution in [3.05, 3.63) is 46.2 Å². The minimum absolute atomic E-state index is 0.234. The predicted molar refractivity (Wildman–Crippen MR) is 73.8 cm³/mol. The molecule has 1 heterocycles. The van der Waals surface area contributed by atoms with Gasteiger partial charge in [0.25, 0.3) is 0 Å². The van der Waals surface area contributed by atoms with E-state index in [1.807, 2.05) is 11.8 Å². The number of halogens is 2. The lowest BCUT2D eigenvalue weighted by Gasteiger charge is -2.22. The van der Waals surface area contributed by atoms with Gasteiger partial charge in [-0.05, 0) is 53.8 Å². The molecule has 88 valence electrons. The van der Waals surface area contributed by atoms with Crippen LogP contribution in [0.25, 0.3) is 0 Å². The van der Waals surface area contributed by atoms with Gasteiger partial charge in [-0.25, -0.2) is 14.4 Å². The Bertz CT molecular complexity index is 501. The molecule has 5 heteroatoms. The van der Waals surface area contributed by atoms with Gasteiger partial charge >= 0.3 is 0 Å². The van der Waals surface area contributed by atoms with Crippen LogP contribution >= 0.6 is 22.6 Å². The molecule has 0 fully saturated rings. The highest BCUT2D eigenvalue weighted by Crippen LogP contribution is 2.26. The highest BCUT2D eigenvalue weighted by molar-refractivity contribution is 14.1. The molecule has 2 rings (SSSR count). The van der Waals surface area contributed by atoms with Crippen molar-refractivity contribution in [1.82, 2.24) is 9.97 Å². The Labute approximate surface area is 113 Å². The van der Waals surface area contributed by atoms with Crippen LogP contribution in [0.4, 0.5) is 15.9 Å². The van der Waals surface area contributed by atoms with Crippen LogP contribution < -0.4 is 4.90 Å². The molecule has 0 spiro atoms. The number of anilines is 2. The van der Waals surface area contributed by atoms with Crippen LogP contribution in [0.15, 0.2) is 36.8 Å². The first-order valence-corrected chi connectivity index (χ1v) is 6.29. The van der Waals surface area contributed by atoms with Gasteiger partial charge in [0, 0.05) is 18.4 Å². The standard InChI is InChI=1S/C12H11FIN3/c1-2-17(10-5-3-9(13)4-6-10)12-11(14)7-15-8-16-12/h3-8H,2H2,1H3. The number of nitrogens with zero attached hydrogens (tertiary/aromatic N) is 3. The molecule has 0 aliphatic rings. The van der Waals surface area contributed by atoms with E-state index < -0.39 is 0 Å². The molecular formula is C12H11FIN3. The smallest absolute Gasteiger partial charge is 0.149 e. The lowest BCUT2D eigenvalue weighted by Crippen LogP contribution is -2.18. The zero-order valence-corrected chi connectivity index (χ0v) is 11.4. The van der Waals surface area contributed by atoms with Gasteiger partial charge in [-0.3, -0.25) is 0 Å². The van der Waals surface area contributed by atoms with E-state index in [0.717, 1.165) is 21.6 Å². The van der Waals surface area contributed by atoms with E-state index in [1.54, 1.807) is 18.3 Å². The van der Waals surface area contributed by atoms with Crippen molar-refractivity contribution in [3.63, 3.8) is 0 Å². The summed E-state index contributed by atoms with van der Waals surface area (Å²) in [6.45, 7) is 2.79. The summed E-state index contributed by atoms with van der Waals surface area (Å²) in [5, 5.41) is 0. The summed E-state index contributed by atoms with van der Waals surface area (Å²) < 4.78 is 13.9. The van der Waals surface area contributed by atoms with Crippen LogP contribution in [0.2, 0.25) is 0 Å². The summed E-state index contributed by atoms with van der Waals surface area (Å²) in [6, 6.07) is 6.39. The third kappa shape index (κ3) is 2.71. The molecule has 0 saturated carbocycles. The van der Waals surface area contributed by atoms with Gasteiger partial charge < -0.3 is 4.90 Å². The molecule has 0 radical (unpaired) electrons. The van der Waals surface area contributed by atoms with E-state index in [2.05, 4.69) is 32.6 Å². The normalized spacial score (nSPS) is 10.3. The third-order valence-electron chi connectivity index (χ3n) is 2.36. The van der Waals surface area contributed by atoms with E-state index in [0.29, 0.717) is 0 Å². The molecule has 0 N–H and O–H groups in total. The molecule has 0 atom stereocenters. The van der Waals surface area contributed by atoms with Crippen LogP contribution in [-0.4, -0.2) is 16.5 Å². The molecule has 2 aromatic rings. The molecule has 0 bridgehead atoms. The Morgan fingerprint density at radius 3 is 2.59 bits per heavy atom. The van der Waals surface area contributed by atoms with Crippen molar-refractivity contribution < 1.29 is 4.39 Å². The summed E-state index contributed by atoms with van der Waals surface area (Å²) in [5.41, 5.74) is 0.922. The van der Waals surface area contributed by atoms with Crippen molar-refractivity contribution >= 4 is 34.1 Å². The fourth-order valence-corrected chi connectivity index (χ4v) is 2.17. The number of rotatable bonds is 3. The Morgan fingerprint density at radius 2 is 2.00 bits per heavy atom. The van der Waals surface area contributed by atoms with Gasteiger partial charge in [0.1, 0.15) is 18.0 Å². The number of aromatic nitrogens is 2. The second kappa shape index (κ2) is 5.39. The summed E-state index contributed by atoms with van der Waals surface area (Å²) in [6.07, 6.45) is 3.28. The van der Waals surface area contributed by atoms with E-state index in [1.165, 1.54) is 18.5 Å². The Balaban J connectivity index is 2.40. The molecule has 0 aliphatic heterocycles. The van der Waals surface area contributed by atoms with Gasteiger partial charge in [-0.2, -0.15) is 0 Å². The van der Waals surface area contributed by atoms with Crippen molar-refractivity contribution in [1.29, 1.82) is 0 Å². The number of hydrogen-bond donors (Lipinski definition) is 0. The second-order valence-electron chi connectivity index (χ2n) is 3.41. The van der Waals surface area contributed by atoms with Crippen molar-refractivity contribution in [2.24, 2.45) is 0 Å². The van der Waals surface area contributed by atoms with Gasteiger partial charge in [0.05, 0.1) is 3.57 Å². The molecule has 17 heavy (non-hydrogen) atoms. The highest BCUT2D eigenvalue weighted by atomic mass is 127. The topological polar surface area (TPSA) is 29.0 Å². The van der Waals surface area contributed by atoms with Gasteiger partial charge in [-0.15, -0.1) is 0 Å². The molecule has 0 amide bonds. The van der Waals surface area contributed by atoms with Crippen LogP contribution in [0, 0.1) is 9.39 Å². The fraction of sp³-hybridized carbons (Fsp3) is 0.167. The molecule has 1 aromatic heterocycles. The zero-order valence-electron chi connectivity index (χ0n) is 9.27. The maximum absolute atomic E-state index is 12.9. The van der Waals surface area contributed by atoms with Crippen molar-refractivity contribution in [2.45, 2.75) is 6.92 Å². The first kappa shape index (κ1) is 12.2. The van der Waals surface area contributed by atoms with E-state index in [4.69, 9.17) is 0 Å². The maximum atomic E-state index is 12.9. The fourth-order valence-electron chi connectivity index (χ4n) is 1.58. The van der Waals surface area contributed by atoms with Gasteiger partial charge in [0.2, 0.25) is 0 Å². The summed E-state index contributed by atoms with van der Waals surface area (Å²) in [4.78, 5) is 10.2. The first-order chi connectivity index (χ1) is 8.22. The van der Waals surface area contributed by atoms with Crippen LogP contribution in [0.3, 0.4) is 0 Å². The molecule has 0 aliphatic carbocycles.